The maximum Gasteiger partial charge on any atom is 0.131 e. The number of rotatable bonds is 4. The standard InChI is InChI=1S/C16H17ClFNO/c1-10-7-12(11(2)19)4-6-16(10)20-9-13-3-5-14(17)8-15(13)18/h3-8,11H,9,19H2,1-2H3/t11-/m1/s1. The monoisotopic (exact) mass is 293 g/mol. The number of halogens is 2. The van der Waals surface area contributed by atoms with E-state index < -0.39 is 0 Å². The predicted molar refractivity (Wildman–Crippen MR) is 79.5 cm³/mol. The Morgan fingerprint density at radius 3 is 2.60 bits per heavy atom. The molecule has 0 amide bonds. The van der Waals surface area contributed by atoms with Crippen LogP contribution in [0.3, 0.4) is 0 Å². The quantitative estimate of drug-likeness (QED) is 0.907. The average Bonchev–Trinajstić information content (AvgIpc) is 2.38. The third-order valence-corrected chi connectivity index (χ3v) is 3.36. The second-order valence-corrected chi connectivity index (χ2v) is 5.27. The van der Waals surface area contributed by atoms with Crippen LogP contribution in [0, 0.1) is 12.7 Å². The Labute approximate surface area is 123 Å². The summed E-state index contributed by atoms with van der Waals surface area (Å²) in [6, 6.07) is 10.3. The summed E-state index contributed by atoms with van der Waals surface area (Å²) in [6.07, 6.45) is 0. The molecule has 2 N–H and O–H groups in total. The summed E-state index contributed by atoms with van der Waals surface area (Å²) >= 11 is 5.71. The molecular weight excluding hydrogens is 277 g/mol. The van der Waals surface area contributed by atoms with Crippen molar-refractivity contribution in [2.45, 2.75) is 26.5 Å². The molecule has 0 spiro atoms. The van der Waals surface area contributed by atoms with E-state index in [-0.39, 0.29) is 18.5 Å². The molecule has 0 saturated carbocycles. The van der Waals surface area contributed by atoms with Crippen LogP contribution < -0.4 is 10.5 Å². The summed E-state index contributed by atoms with van der Waals surface area (Å²) in [5.74, 6) is 0.367. The van der Waals surface area contributed by atoms with E-state index >= 15 is 0 Å². The van der Waals surface area contributed by atoms with Crippen LogP contribution in [0.4, 0.5) is 4.39 Å². The molecule has 0 aliphatic heterocycles. The summed E-state index contributed by atoms with van der Waals surface area (Å²) in [6.45, 7) is 4.04. The zero-order valence-electron chi connectivity index (χ0n) is 11.5. The van der Waals surface area contributed by atoms with Crippen molar-refractivity contribution in [2.75, 3.05) is 0 Å². The number of benzene rings is 2. The smallest absolute Gasteiger partial charge is 0.131 e. The number of hydrogen-bond acceptors (Lipinski definition) is 2. The van der Waals surface area contributed by atoms with E-state index in [0.717, 1.165) is 16.9 Å². The lowest BCUT2D eigenvalue weighted by Gasteiger charge is -2.12. The van der Waals surface area contributed by atoms with E-state index in [4.69, 9.17) is 22.1 Å². The highest BCUT2D eigenvalue weighted by molar-refractivity contribution is 6.30. The Hall–Kier alpha value is -1.58. The number of ether oxygens (including phenoxy) is 1. The summed E-state index contributed by atoms with van der Waals surface area (Å²) in [5, 5.41) is 0.378. The van der Waals surface area contributed by atoms with Crippen molar-refractivity contribution in [3.63, 3.8) is 0 Å². The van der Waals surface area contributed by atoms with E-state index in [2.05, 4.69) is 0 Å². The molecule has 0 heterocycles. The van der Waals surface area contributed by atoms with Crippen molar-refractivity contribution in [3.05, 3.63) is 63.9 Å². The first-order valence-corrected chi connectivity index (χ1v) is 6.78. The Kier molecular flexibility index (Phi) is 4.63. The maximum atomic E-state index is 13.6. The molecule has 0 unspecified atom stereocenters. The molecule has 0 radical (unpaired) electrons. The zero-order chi connectivity index (χ0) is 14.7. The van der Waals surface area contributed by atoms with Crippen molar-refractivity contribution in [1.29, 1.82) is 0 Å². The minimum atomic E-state index is -0.359. The van der Waals surface area contributed by atoms with Gasteiger partial charge in [0.2, 0.25) is 0 Å². The second-order valence-electron chi connectivity index (χ2n) is 4.84. The molecule has 2 aromatic rings. The molecule has 0 aliphatic carbocycles. The first-order chi connectivity index (χ1) is 9.47. The average molecular weight is 294 g/mol. The molecule has 106 valence electrons. The fourth-order valence-electron chi connectivity index (χ4n) is 1.91. The Morgan fingerprint density at radius 1 is 1.25 bits per heavy atom. The van der Waals surface area contributed by atoms with Crippen molar-refractivity contribution in [3.8, 4) is 5.75 Å². The highest BCUT2D eigenvalue weighted by Crippen LogP contribution is 2.23. The molecule has 20 heavy (non-hydrogen) atoms. The molecule has 0 aromatic heterocycles. The largest absolute Gasteiger partial charge is 0.489 e. The number of aryl methyl sites for hydroxylation is 1. The van der Waals surface area contributed by atoms with Gasteiger partial charge in [-0.1, -0.05) is 29.8 Å². The van der Waals surface area contributed by atoms with Gasteiger partial charge in [-0.25, -0.2) is 4.39 Å². The van der Waals surface area contributed by atoms with Crippen LogP contribution in [-0.4, -0.2) is 0 Å². The summed E-state index contributed by atoms with van der Waals surface area (Å²) in [4.78, 5) is 0. The molecule has 0 bridgehead atoms. The lowest BCUT2D eigenvalue weighted by molar-refractivity contribution is 0.297. The van der Waals surface area contributed by atoms with Crippen molar-refractivity contribution >= 4 is 11.6 Å². The van der Waals surface area contributed by atoms with Gasteiger partial charge in [-0.2, -0.15) is 0 Å². The van der Waals surface area contributed by atoms with Gasteiger partial charge in [0, 0.05) is 16.6 Å². The van der Waals surface area contributed by atoms with E-state index in [1.165, 1.54) is 6.07 Å². The molecular formula is C16H17ClFNO. The van der Waals surface area contributed by atoms with Gasteiger partial charge in [0.25, 0.3) is 0 Å². The first-order valence-electron chi connectivity index (χ1n) is 6.40. The molecule has 2 aromatic carbocycles. The molecule has 1 atom stereocenters. The zero-order valence-corrected chi connectivity index (χ0v) is 12.2. The van der Waals surface area contributed by atoms with Crippen molar-refractivity contribution in [2.24, 2.45) is 5.73 Å². The lowest BCUT2D eigenvalue weighted by atomic mass is 10.1. The topological polar surface area (TPSA) is 35.2 Å². The molecule has 2 rings (SSSR count). The Morgan fingerprint density at radius 2 is 2.00 bits per heavy atom. The van der Waals surface area contributed by atoms with Gasteiger partial charge in [0.1, 0.15) is 18.2 Å². The molecule has 0 fully saturated rings. The van der Waals surface area contributed by atoms with Crippen LogP contribution in [0.1, 0.15) is 29.7 Å². The minimum Gasteiger partial charge on any atom is -0.489 e. The summed E-state index contributed by atoms with van der Waals surface area (Å²) in [7, 11) is 0. The third kappa shape index (κ3) is 3.50. The third-order valence-electron chi connectivity index (χ3n) is 3.12. The van der Waals surface area contributed by atoms with Crippen LogP contribution in [-0.2, 0) is 6.61 Å². The van der Waals surface area contributed by atoms with E-state index in [0.29, 0.717) is 10.6 Å². The highest BCUT2D eigenvalue weighted by atomic mass is 35.5. The van der Waals surface area contributed by atoms with Gasteiger partial charge >= 0.3 is 0 Å². The summed E-state index contributed by atoms with van der Waals surface area (Å²) in [5.41, 5.74) is 8.34. The molecule has 0 saturated heterocycles. The predicted octanol–water partition coefficient (Wildman–Crippen LogP) is 4.39. The Balaban J connectivity index is 2.11. The van der Waals surface area contributed by atoms with Gasteiger partial charge in [-0.15, -0.1) is 0 Å². The van der Waals surface area contributed by atoms with Crippen LogP contribution in [0.25, 0.3) is 0 Å². The molecule has 2 nitrogen and oxygen atoms in total. The van der Waals surface area contributed by atoms with Gasteiger partial charge < -0.3 is 10.5 Å². The van der Waals surface area contributed by atoms with Gasteiger partial charge in [0.15, 0.2) is 0 Å². The SMILES string of the molecule is Cc1cc([C@@H](C)N)ccc1OCc1ccc(Cl)cc1F. The Bertz CT molecular complexity index is 613. The molecule has 0 aliphatic rings. The van der Waals surface area contributed by atoms with E-state index in [1.54, 1.807) is 12.1 Å². The van der Waals surface area contributed by atoms with Crippen molar-refractivity contribution in [1.82, 2.24) is 0 Å². The maximum absolute atomic E-state index is 13.6. The molecule has 4 heteroatoms. The first kappa shape index (κ1) is 14.8. The van der Waals surface area contributed by atoms with Gasteiger partial charge in [-0.3, -0.25) is 0 Å². The fourth-order valence-corrected chi connectivity index (χ4v) is 2.07. The van der Waals surface area contributed by atoms with Crippen LogP contribution in [0.5, 0.6) is 5.75 Å². The number of hydrogen-bond donors (Lipinski definition) is 1. The van der Waals surface area contributed by atoms with Gasteiger partial charge in [-0.05, 0) is 43.2 Å². The van der Waals surface area contributed by atoms with Crippen LogP contribution in [0.2, 0.25) is 5.02 Å². The van der Waals surface area contributed by atoms with Gasteiger partial charge in [0.05, 0.1) is 0 Å². The normalized spacial score (nSPS) is 12.2. The summed E-state index contributed by atoms with van der Waals surface area (Å²) < 4.78 is 19.3. The van der Waals surface area contributed by atoms with E-state index in [9.17, 15) is 4.39 Å². The fraction of sp³-hybridized carbons (Fsp3) is 0.250. The highest BCUT2D eigenvalue weighted by Gasteiger charge is 2.07. The van der Waals surface area contributed by atoms with Crippen LogP contribution >= 0.6 is 11.6 Å². The van der Waals surface area contributed by atoms with Crippen molar-refractivity contribution < 1.29 is 9.13 Å². The second kappa shape index (κ2) is 6.25. The minimum absolute atomic E-state index is 0.0172. The lowest BCUT2D eigenvalue weighted by Crippen LogP contribution is -2.06. The number of nitrogens with two attached hydrogens (primary N) is 1. The van der Waals surface area contributed by atoms with E-state index in [1.807, 2.05) is 32.0 Å². The van der Waals surface area contributed by atoms with Crippen LogP contribution in [0.15, 0.2) is 36.4 Å².